The van der Waals surface area contributed by atoms with Crippen LogP contribution in [0.15, 0.2) is 61.2 Å². The van der Waals surface area contributed by atoms with E-state index in [4.69, 9.17) is 9.47 Å². The molecule has 0 saturated carbocycles. The molecule has 6 heteroatoms. The van der Waals surface area contributed by atoms with Crippen LogP contribution in [-0.2, 0) is 17.9 Å². The molecule has 1 N–H and O–H groups in total. The van der Waals surface area contributed by atoms with Crippen LogP contribution in [0.4, 0.5) is 0 Å². The van der Waals surface area contributed by atoms with Crippen molar-refractivity contribution in [3.8, 4) is 11.5 Å². The summed E-state index contributed by atoms with van der Waals surface area (Å²) in [4.78, 5) is 16.1. The average Bonchev–Trinajstić information content (AvgIpc) is 3.04. The minimum Gasteiger partial charge on any atom is -0.493 e. The number of carbonyl (C=O) groups excluding carboxylic acids is 1. The second-order valence-corrected chi connectivity index (χ2v) is 5.59. The average molecular weight is 351 g/mol. The van der Waals surface area contributed by atoms with Crippen molar-refractivity contribution < 1.29 is 14.3 Å². The quantitative estimate of drug-likeness (QED) is 0.634. The number of ether oxygens (including phenoxy) is 2. The predicted octanol–water partition coefficient (Wildman–Crippen LogP) is 2.93. The van der Waals surface area contributed by atoms with Gasteiger partial charge in [-0.25, -0.2) is 4.98 Å². The van der Waals surface area contributed by atoms with E-state index in [1.54, 1.807) is 7.11 Å². The fourth-order valence-electron chi connectivity index (χ4n) is 2.73. The van der Waals surface area contributed by atoms with Gasteiger partial charge in [0.25, 0.3) is 0 Å². The zero-order chi connectivity index (χ0) is 18.4. The molecule has 0 spiro atoms. The van der Waals surface area contributed by atoms with Crippen LogP contribution < -0.4 is 14.8 Å². The highest BCUT2D eigenvalue weighted by molar-refractivity contribution is 5.86. The molecule has 0 fully saturated rings. The number of amides is 1. The summed E-state index contributed by atoms with van der Waals surface area (Å²) in [6.45, 7) is 4.84. The molecule has 0 radical (unpaired) electrons. The van der Waals surface area contributed by atoms with Gasteiger partial charge in [-0.1, -0.05) is 30.8 Å². The molecule has 134 valence electrons. The van der Waals surface area contributed by atoms with Gasteiger partial charge in [0.15, 0.2) is 11.5 Å². The van der Waals surface area contributed by atoms with E-state index < -0.39 is 0 Å². The third kappa shape index (κ3) is 3.85. The van der Waals surface area contributed by atoms with Crippen molar-refractivity contribution in [2.24, 2.45) is 0 Å². The van der Waals surface area contributed by atoms with E-state index in [0.29, 0.717) is 31.2 Å². The molecule has 0 bridgehead atoms. The van der Waals surface area contributed by atoms with Gasteiger partial charge in [-0.05, 0) is 30.3 Å². The lowest BCUT2D eigenvalue weighted by Crippen LogP contribution is -2.23. The maximum Gasteiger partial charge on any atom is 0.243 e. The summed E-state index contributed by atoms with van der Waals surface area (Å²) in [7, 11) is 1.62. The topological polar surface area (TPSA) is 65.4 Å². The zero-order valence-corrected chi connectivity index (χ0v) is 14.6. The Labute approximate surface area is 152 Å². The van der Waals surface area contributed by atoms with E-state index in [1.165, 1.54) is 6.08 Å². The largest absolute Gasteiger partial charge is 0.493 e. The number of nitrogens with one attached hydrogen (secondary N) is 1. The molecule has 1 aromatic heterocycles. The molecule has 6 nitrogen and oxygen atoms in total. The van der Waals surface area contributed by atoms with Gasteiger partial charge in [-0.15, -0.1) is 0 Å². The van der Waals surface area contributed by atoms with E-state index >= 15 is 0 Å². The lowest BCUT2D eigenvalue weighted by molar-refractivity contribution is -0.116. The van der Waals surface area contributed by atoms with Gasteiger partial charge in [0.05, 0.1) is 31.2 Å². The van der Waals surface area contributed by atoms with Crippen molar-refractivity contribution >= 4 is 16.9 Å². The van der Waals surface area contributed by atoms with Crippen molar-refractivity contribution in [1.29, 1.82) is 0 Å². The minimum absolute atomic E-state index is 0.228. The lowest BCUT2D eigenvalue weighted by Gasteiger charge is -2.13. The van der Waals surface area contributed by atoms with Crippen molar-refractivity contribution in [2.45, 2.75) is 13.1 Å². The number of hydrogen-bond donors (Lipinski definition) is 1. The summed E-state index contributed by atoms with van der Waals surface area (Å²) in [5, 5.41) is 2.78. The molecule has 1 heterocycles. The van der Waals surface area contributed by atoms with Gasteiger partial charge in [0, 0.05) is 0 Å². The van der Waals surface area contributed by atoms with Crippen LogP contribution in [0, 0.1) is 0 Å². The molecular weight excluding hydrogens is 330 g/mol. The van der Waals surface area contributed by atoms with E-state index in [-0.39, 0.29) is 5.91 Å². The molecule has 3 rings (SSSR count). The van der Waals surface area contributed by atoms with Gasteiger partial charge in [-0.3, -0.25) is 4.79 Å². The van der Waals surface area contributed by atoms with Crippen molar-refractivity contribution in [2.75, 3.05) is 13.7 Å². The first-order valence-electron chi connectivity index (χ1n) is 8.33. The summed E-state index contributed by atoms with van der Waals surface area (Å²) in [5.41, 5.74) is 1.88. The van der Waals surface area contributed by atoms with E-state index in [0.717, 1.165) is 16.9 Å². The summed E-state index contributed by atoms with van der Waals surface area (Å²) in [6, 6.07) is 15.4. The number of benzene rings is 2. The Morgan fingerprint density at radius 3 is 2.69 bits per heavy atom. The Hall–Kier alpha value is -3.28. The van der Waals surface area contributed by atoms with Crippen molar-refractivity contribution in [1.82, 2.24) is 14.9 Å². The standard InChI is InChI=1S/C20H21N3O3/c1-3-20(24)21-14-19-22-15-8-4-5-9-16(15)23(19)12-13-26-18-11-7-6-10-17(18)25-2/h3-11H,1,12-14H2,2H3,(H,21,24). The predicted molar refractivity (Wildman–Crippen MR) is 100 cm³/mol. The maximum atomic E-state index is 11.5. The number of rotatable bonds is 8. The molecular formula is C20H21N3O3. The molecule has 26 heavy (non-hydrogen) atoms. The van der Waals surface area contributed by atoms with E-state index in [1.807, 2.05) is 53.1 Å². The van der Waals surface area contributed by atoms with Gasteiger partial charge < -0.3 is 19.4 Å². The normalized spacial score (nSPS) is 10.5. The fraction of sp³-hybridized carbons (Fsp3) is 0.200. The highest BCUT2D eigenvalue weighted by Crippen LogP contribution is 2.26. The molecule has 0 unspecified atom stereocenters. The first-order valence-corrected chi connectivity index (χ1v) is 8.33. The smallest absolute Gasteiger partial charge is 0.243 e. The molecule has 0 aliphatic heterocycles. The van der Waals surface area contributed by atoms with Crippen molar-refractivity contribution in [3.05, 3.63) is 67.0 Å². The Morgan fingerprint density at radius 2 is 1.92 bits per heavy atom. The van der Waals surface area contributed by atoms with Crippen LogP contribution >= 0.6 is 0 Å². The second kappa shape index (κ2) is 8.20. The monoisotopic (exact) mass is 351 g/mol. The number of fused-ring (bicyclic) bond motifs is 1. The molecule has 1 amide bonds. The maximum absolute atomic E-state index is 11.5. The number of para-hydroxylation sites is 4. The molecule has 3 aromatic rings. The number of nitrogens with zero attached hydrogens (tertiary/aromatic N) is 2. The molecule has 0 atom stereocenters. The fourth-order valence-corrected chi connectivity index (χ4v) is 2.73. The zero-order valence-electron chi connectivity index (χ0n) is 14.6. The minimum atomic E-state index is -0.228. The molecule has 0 aliphatic rings. The van der Waals surface area contributed by atoms with Gasteiger partial charge in [-0.2, -0.15) is 0 Å². The Balaban J connectivity index is 1.77. The summed E-state index contributed by atoms with van der Waals surface area (Å²) >= 11 is 0. The van der Waals surface area contributed by atoms with Crippen molar-refractivity contribution in [3.63, 3.8) is 0 Å². The molecule has 0 aliphatic carbocycles. The van der Waals surface area contributed by atoms with Crippen LogP contribution in [0.3, 0.4) is 0 Å². The Kier molecular flexibility index (Phi) is 5.53. The number of carbonyl (C=O) groups is 1. The first-order chi connectivity index (χ1) is 12.7. The van der Waals surface area contributed by atoms with Crippen LogP contribution in [0.2, 0.25) is 0 Å². The van der Waals surface area contributed by atoms with Gasteiger partial charge >= 0.3 is 0 Å². The number of methoxy groups -OCH3 is 1. The highest BCUT2D eigenvalue weighted by atomic mass is 16.5. The lowest BCUT2D eigenvalue weighted by atomic mass is 10.3. The highest BCUT2D eigenvalue weighted by Gasteiger charge is 2.11. The van der Waals surface area contributed by atoms with Crippen LogP contribution in [0.5, 0.6) is 11.5 Å². The Morgan fingerprint density at radius 1 is 1.19 bits per heavy atom. The van der Waals surface area contributed by atoms with E-state index in [9.17, 15) is 4.79 Å². The number of hydrogen-bond acceptors (Lipinski definition) is 4. The summed E-state index contributed by atoms with van der Waals surface area (Å²) in [5.74, 6) is 1.93. The SMILES string of the molecule is C=CC(=O)NCc1nc2ccccc2n1CCOc1ccccc1OC. The van der Waals surface area contributed by atoms with Gasteiger partial charge in [0.1, 0.15) is 12.4 Å². The third-order valence-corrected chi connectivity index (χ3v) is 3.98. The summed E-state index contributed by atoms with van der Waals surface area (Å²) < 4.78 is 13.2. The summed E-state index contributed by atoms with van der Waals surface area (Å²) in [6.07, 6.45) is 1.25. The molecule has 0 saturated heterocycles. The Bertz CT molecular complexity index is 918. The van der Waals surface area contributed by atoms with E-state index in [2.05, 4.69) is 16.9 Å². The van der Waals surface area contributed by atoms with Gasteiger partial charge in [0.2, 0.25) is 5.91 Å². The van der Waals surface area contributed by atoms with Crippen LogP contribution in [-0.4, -0.2) is 29.2 Å². The van der Waals surface area contributed by atoms with Crippen LogP contribution in [0.1, 0.15) is 5.82 Å². The third-order valence-electron chi connectivity index (χ3n) is 3.98. The second-order valence-electron chi connectivity index (χ2n) is 5.59. The number of aromatic nitrogens is 2. The molecule has 2 aromatic carbocycles. The van der Waals surface area contributed by atoms with Crippen LogP contribution in [0.25, 0.3) is 11.0 Å². The number of imidazole rings is 1. The first kappa shape index (κ1) is 17.5.